The Morgan fingerprint density at radius 3 is 2.09 bits per heavy atom. The zero-order chi connectivity index (χ0) is 7.66. The van der Waals surface area contributed by atoms with E-state index >= 15 is 0 Å². The average molecular weight is 186 g/mol. The summed E-state index contributed by atoms with van der Waals surface area (Å²) < 4.78 is 10.1. The van der Waals surface area contributed by atoms with E-state index in [2.05, 4.69) is 4.84 Å². The second-order valence-corrected chi connectivity index (χ2v) is 1.68. The van der Waals surface area contributed by atoms with Crippen LogP contribution in [0.5, 0.6) is 0 Å². The molecule has 5 heteroatoms. The molecule has 0 saturated heterocycles. The quantitative estimate of drug-likeness (QED) is 0.460. The standard InChI is InChI=1S/C6H15NO3.ClH/c1-2-8-3-4-9-5-6-10-7;/h2-7H2,1H3;1H. The average Bonchev–Trinajstić information content (AvgIpc) is 1.97. The molecule has 2 N–H and O–H groups in total. The van der Waals surface area contributed by atoms with Crippen molar-refractivity contribution in [3.63, 3.8) is 0 Å². The van der Waals surface area contributed by atoms with Gasteiger partial charge in [0, 0.05) is 6.61 Å². The van der Waals surface area contributed by atoms with Gasteiger partial charge in [0.1, 0.15) is 0 Å². The van der Waals surface area contributed by atoms with E-state index in [1.807, 2.05) is 6.92 Å². The Hall–Kier alpha value is 0.130. The van der Waals surface area contributed by atoms with Crippen LogP contribution >= 0.6 is 12.4 Å². The third-order valence-corrected chi connectivity index (χ3v) is 0.922. The Bertz CT molecular complexity index is 57.8. The molecule has 0 rings (SSSR count). The lowest BCUT2D eigenvalue weighted by Crippen LogP contribution is -2.11. The van der Waals surface area contributed by atoms with E-state index in [-0.39, 0.29) is 12.4 Å². The third-order valence-electron chi connectivity index (χ3n) is 0.922. The van der Waals surface area contributed by atoms with Crippen molar-refractivity contribution in [3.8, 4) is 0 Å². The molecule has 0 aromatic rings. The molecule has 0 atom stereocenters. The van der Waals surface area contributed by atoms with Crippen LogP contribution in [0.1, 0.15) is 6.92 Å². The maximum atomic E-state index is 5.05. The van der Waals surface area contributed by atoms with Crippen LogP contribution in [0.2, 0.25) is 0 Å². The second-order valence-electron chi connectivity index (χ2n) is 1.68. The van der Waals surface area contributed by atoms with Crippen molar-refractivity contribution in [2.45, 2.75) is 6.92 Å². The van der Waals surface area contributed by atoms with Gasteiger partial charge < -0.3 is 14.3 Å². The molecule has 0 aliphatic rings. The van der Waals surface area contributed by atoms with Gasteiger partial charge in [-0.15, -0.1) is 12.4 Å². The fourth-order valence-electron chi connectivity index (χ4n) is 0.471. The van der Waals surface area contributed by atoms with Crippen molar-refractivity contribution < 1.29 is 14.3 Å². The van der Waals surface area contributed by atoms with Crippen molar-refractivity contribution in [2.75, 3.05) is 33.0 Å². The Labute approximate surface area is 73.4 Å². The molecule has 0 aliphatic carbocycles. The topological polar surface area (TPSA) is 53.7 Å². The first-order valence-electron chi connectivity index (χ1n) is 3.39. The summed E-state index contributed by atoms with van der Waals surface area (Å²) in [5.74, 6) is 4.76. The molecule has 0 spiro atoms. The molecule has 0 fully saturated rings. The molecule has 0 saturated carbocycles. The predicted octanol–water partition coefficient (Wildman–Crippen LogP) is 0.352. The Morgan fingerprint density at radius 2 is 1.55 bits per heavy atom. The minimum Gasteiger partial charge on any atom is -0.379 e. The number of nitrogens with two attached hydrogens (primary N) is 1. The minimum absolute atomic E-state index is 0. The molecule has 0 amide bonds. The summed E-state index contributed by atoms with van der Waals surface area (Å²) in [5, 5.41) is 0. The van der Waals surface area contributed by atoms with Crippen LogP contribution in [-0.4, -0.2) is 33.0 Å². The smallest absolute Gasteiger partial charge is 0.0913 e. The van der Waals surface area contributed by atoms with E-state index < -0.39 is 0 Å². The summed E-state index contributed by atoms with van der Waals surface area (Å²) in [5.41, 5.74) is 0. The SMILES string of the molecule is CCOCCOCCON.Cl. The van der Waals surface area contributed by atoms with Gasteiger partial charge in [-0.05, 0) is 6.92 Å². The van der Waals surface area contributed by atoms with Crippen LogP contribution in [0.15, 0.2) is 0 Å². The normalized spacial score (nSPS) is 9.27. The Balaban J connectivity index is 0. The van der Waals surface area contributed by atoms with Crippen molar-refractivity contribution >= 4 is 12.4 Å². The molecule has 11 heavy (non-hydrogen) atoms. The molecule has 70 valence electrons. The molecule has 0 aromatic heterocycles. The summed E-state index contributed by atoms with van der Waals surface area (Å²) in [7, 11) is 0. The number of rotatable bonds is 7. The first-order chi connectivity index (χ1) is 4.91. The molecule has 0 heterocycles. The van der Waals surface area contributed by atoms with Gasteiger partial charge in [0.15, 0.2) is 0 Å². The summed E-state index contributed by atoms with van der Waals surface area (Å²) >= 11 is 0. The van der Waals surface area contributed by atoms with Crippen LogP contribution in [0.25, 0.3) is 0 Å². The highest BCUT2D eigenvalue weighted by atomic mass is 35.5. The fourth-order valence-corrected chi connectivity index (χ4v) is 0.471. The van der Waals surface area contributed by atoms with E-state index in [4.69, 9.17) is 15.4 Å². The van der Waals surface area contributed by atoms with Crippen molar-refractivity contribution in [1.29, 1.82) is 0 Å². The molecule has 0 aliphatic heterocycles. The monoisotopic (exact) mass is 185 g/mol. The molecule has 0 radical (unpaired) electrons. The number of ether oxygens (including phenoxy) is 2. The Morgan fingerprint density at radius 1 is 1.00 bits per heavy atom. The van der Waals surface area contributed by atoms with Gasteiger partial charge in [0.2, 0.25) is 0 Å². The largest absolute Gasteiger partial charge is 0.379 e. The lowest BCUT2D eigenvalue weighted by Gasteiger charge is -2.02. The van der Waals surface area contributed by atoms with Crippen LogP contribution < -0.4 is 5.90 Å². The number of hydrogen-bond donors (Lipinski definition) is 1. The van der Waals surface area contributed by atoms with Crippen LogP contribution in [0.3, 0.4) is 0 Å². The van der Waals surface area contributed by atoms with E-state index in [0.717, 1.165) is 6.61 Å². The predicted molar refractivity (Wildman–Crippen MR) is 44.7 cm³/mol. The summed E-state index contributed by atoms with van der Waals surface area (Å²) in [6, 6.07) is 0. The minimum atomic E-state index is 0. The lowest BCUT2D eigenvalue weighted by atomic mass is 10.7. The molecule has 0 bridgehead atoms. The summed E-state index contributed by atoms with van der Waals surface area (Å²) in [6.07, 6.45) is 0. The molecule has 0 aromatic carbocycles. The zero-order valence-electron chi connectivity index (χ0n) is 6.75. The van der Waals surface area contributed by atoms with Crippen LogP contribution in [-0.2, 0) is 14.3 Å². The molecular formula is C6H16ClNO3. The van der Waals surface area contributed by atoms with Gasteiger partial charge in [0.25, 0.3) is 0 Å². The molecule has 0 unspecified atom stereocenters. The Kier molecular flexibility index (Phi) is 15.9. The van der Waals surface area contributed by atoms with Crippen molar-refractivity contribution in [3.05, 3.63) is 0 Å². The zero-order valence-corrected chi connectivity index (χ0v) is 7.56. The third kappa shape index (κ3) is 13.2. The summed E-state index contributed by atoms with van der Waals surface area (Å²) in [6.45, 7) is 4.90. The van der Waals surface area contributed by atoms with E-state index in [1.165, 1.54) is 0 Å². The van der Waals surface area contributed by atoms with Gasteiger partial charge in [-0.2, -0.15) is 0 Å². The first-order valence-corrected chi connectivity index (χ1v) is 3.39. The van der Waals surface area contributed by atoms with Gasteiger partial charge >= 0.3 is 0 Å². The number of hydrogen-bond acceptors (Lipinski definition) is 4. The van der Waals surface area contributed by atoms with Gasteiger partial charge in [-0.1, -0.05) is 0 Å². The first kappa shape index (κ1) is 13.7. The van der Waals surface area contributed by atoms with E-state index in [9.17, 15) is 0 Å². The highest BCUT2D eigenvalue weighted by Gasteiger charge is 1.86. The highest BCUT2D eigenvalue weighted by Crippen LogP contribution is 1.77. The lowest BCUT2D eigenvalue weighted by molar-refractivity contribution is 0.0167. The van der Waals surface area contributed by atoms with E-state index in [1.54, 1.807) is 0 Å². The highest BCUT2D eigenvalue weighted by molar-refractivity contribution is 5.85. The van der Waals surface area contributed by atoms with Crippen LogP contribution in [0.4, 0.5) is 0 Å². The maximum absolute atomic E-state index is 5.05. The van der Waals surface area contributed by atoms with Crippen molar-refractivity contribution in [1.82, 2.24) is 0 Å². The molecule has 4 nitrogen and oxygen atoms in total. The van der Waals surface area contributed by atoms with Gasteiger partial charge in [-0.25, -0.2) is 5.90 Å². The maximum Gasteiger partial charge on any atom is 0.0913 e. The second kappa shape index (κ2) is 12.8. The van der Waals surface area contributed by atoms with Gasteiger partial charge in [-0.3, -0.25) is 0 Å². The summed E-state index contributed by atoms with van der Waals surface area (Å²) in [4.78, 5) is 4.28. The van der Waals surface area contributed by atoms with Crippen LogP contribution in [0, 0.1) is 0 Å². The van der Waals surface area contributed by atoms with Crippen molar-refractivity contribution in [2.24, 2.45) is 5.90 Å². The van der Waals surface area contributed by atoms with Gasteiger partial charge in [0.05, 0.1) is 26.4 Å². The fraction of sp³-hybridized carbons (Fsp3) is 1.00. The number of halogens is 1. The molecular weight excluding hydrogens is 170 g/mol. The van der Waals surface area contributed by atoms with E-state index in [0.29, 0.717) is 26.4 Å².